The van der Waals surface area contributed by atoms with Crippen molar-refractivity contribution in [3.05, 3.63) is 53.6 Å². The maximum absolute atomic E-state index is 11.8. The third-order valence-electron chi connectivity index (χ3n) is 4.51. The molecule has 0 spiro atoms. The summed E-state index contributed by atoms with van der Waals surface area (Å²) in [4.78, 5) is 6.92. The molecule has 2 rings (SSSR count). The molecule has 8 nitrogen and oxygen atoms in total. The zero-order valence-corrected chi connectivity index (χ0v) is 18.9. The van der Waals surface area contributed by atoms with E-state index in [2.05, 4.69) is 15.0 Å². The first-order valence-corrected chi connectivity index (χ1v) is 11.1. The summed E-state index contributed by atoms with van der Waals surface area (Å²) in [5, 5.41) is 3.28. The molecule has 0 amide bonds. The highest BCUT2D eigenvalue weighted by Gasteiger charge is 2.12. The molecular formula is C21H30N4O4S. The van der Waals surface area contributed by atoms with Crippen LogP contribution < -0.4 is 19.5 Å². The number of hydrogen-bond donors (Lipinski definition) is 2. The molecule has 0 saturated carbocycles. The number of hydrogen-bond acceptors (Lipinski definition) is 5. The lowest BCUT2D eigenvalue weighted by atomic mass is 10.2. The summed E-state index contributed by atoms with van der Waals surface area (Å²) < 4.78 is 36.7. The SMILES string of the molecule is CCNC(=NCc1ccc(S(=O)(=O)NC)cc1)N(C)Cc1ccc(OC)cc1OC. The van der Waals surface area contributed by atoms with E-state index in [0.29, 0.717) is 13.1 Å². The highest BCUT2D eigenvalue weighted by atomic mass is 32.2. The number of ether oxygens (including phenoxy) is 2. The third kappa shape index (κ3) is 6.11. The average molecular weight is 435 g/mol. The molecule has 9 heteroatoms. The minimum absolute atomic E-state index is 0.230. The molecule has 0 bridgehead atoms. The van der Waals surface area contributed by atoms with Crippen molar-refractivity contribution >= 4 is 16.0 Å². The van der Waals surface area contributed by atoms with Gasteiger partial charge in [-0.05, 0) is 43.8 Å². The van der Waals surface area contributed by atoms with E-state index in [-0.39, 0.29) is 4.90 Å². The van der Waals surface area contributed by atoms with Gasteiger partial charge in [-0.15, -0.1) is 0 Å². The Morgan fingerprint density at radius 2 is 1.80 bits per heavy atom. The van der Waals surface area contributed by atoms with Gasteiger partial charge in [-0.25, -0.2) is 18.1 Å². The molecule has 2 N–H and O–H groups in total. The monoisotopic (exact) mass is 434 g/mol. The van der Waals surface area contributed by atoms with Crippen molar-refractivity contribution in [3.8, 4) is 11.5 Å². The fourth-order valence-corrected chi connectivity index (χ4v) is 3.57. The molecule has 0 aliphatic rings. The second kappa shape index (κ2) is 10.8. The van der Waals surface area contributed by atoms with Crippen molar-refractivity contribution in [3.63, 3.8) is 0 Å². The van der Waals surface area contributed by atoms with Crippen molar-refractivity contribution < 1.29 is 17.9 Å². The van der Waals surface area contributed by atoms with Gasteiger partial charge in [0.2, 0.25) is 10.0 Å². The number of nitrogens with zero attached hydrogens (tertiary/aromatic N) is 2. The summed E-state index contributed by atoms with van der Waals surface area (Å²) in [5.41, 5.74) is 1.92. The highest BCUT2D eigenvalue weighted by Crippen LogP contribution is 2.25. The van der Waals surface area contributed by atoms with E-state index < -0.39 is 10.0 Å². The molecular weight excluding hydrogens is 404 g/mol. The first kappa shape index (κ1) is 23.5. The number of benzene rings is 2. The van der Waals surface area contributed by atoms with Gasteiger partial charge in [-0.2, -0.15) is 0 Å². The summed E-state index contributed by atoms with van der Waals surface area (Å²) in [6.45, 7) is 3.75. The molecule has 0 radical (unpaired) electrons. The van der Waals surface area contributed by atoms with Crippen LogP contribution in [0.1, 0.15) is 18.1 Å². The predicted octanol–water partition coefficient (Wildman–Crippen LogP) is 2.21. The molecule has 0 aliphatic carbocycles. The summed E-state index contributed by atoms with van der Waals surface area (Å²) in [5.74, 6) is 2.23. The zero-order valence-electron chi connectivity index (χ0n) is 18.1. The maximum Gasteiger partial charge on any atom is 0.240 e. The van der Waals surface area contributed by atoms with Crippen molar-refractivity contribution in [1.29, 1.82) is 0 Å². The molecule has 2 aromatic rings. The lowest BCUT2D eigenvalue weighted by molar-refractivity contribution is 0.382. The van der Waals surface area contributed by atoms with E-state index >= 15 is 0 Å². The minimum Gasteiger partial charge on any atom is -0.497 e. The largest absolute Gasteiger partial charge is 0.497 e. The lowest BCUT2D eigenvalue weighted by Gasteiger charge is -2.23. The first-order valence-electron chi connectivity index (χ1n) is 9.57. The van der Waals surface area contributed by atoms with E-state index in [1.54, 1.807) is 38.5 Å². The Bertz CT molecular complexity index is 959. The van der Waals surface area contributed by atoms with Crippen LogP contribution in [0.4, 0.5) is 0 Å². The van der Waals surface area contributed by atoms with Crippen LogP contribution in [-0.2, 0) is 23.1 Å². The summed E-state index contributed by atoms with van der Waals surface area (Å²) in [7, 11) is 3.16. The van der Waals surface area contributed by atoms with Gasteiger partial charge < -0.3 is 19.7 Å². The average Bonchev–Trinajstić information content (AvgIpc) is 2.77. The van der Waals surface area contributed by atoms with Crippen molar-refractivity contribution in [2.75, 3.05) is 34.9 Å². The second-order valence-corrected chi connectivity index (χ2v) is 8.44. The Hall–Kier alpha value is -2.78. The van der Waals surface area contributed by atoms with Gasteiger partial charge >= 0.3 is 0 Å². The molecule has 0 aromatic heterocycles. The topological polar surface area (TPSA) is 92.3 Å². The van der Waals surface area contributed by atoms with Crippen LogP contribution >= 0.6 is 0 Å². The van der Waals surface area contributed by atoms with Crippen LogP contribution in [0.25, 0.3) is 0 Å². The van der Waals surface area contributed by atoms with Gasteiger partial charge in [0.05, 0.1) is 25.7 Å². The van der Waals surface area contributed by atoms with Gasteiger partial charge in [0.1, 0.15) is 11.5 Å². The van der Waals surface area contributed by atoms with Gasteiger partial charge in [0.25, 0.3) is 0 Å². The molecule has 2 aromatic carbocycles. The molecule has 0 heterocycles. The number of methoxy groups -OCH3 is 2. The summed E-state index contributed by atoms with van der Waals surface area (Å²) in [6.07, 6.45) is 0. The van der Waals surface area contributed by atoms with Crippen LogP contribution in [0.15, 0.2) is 52.4 Å². The molecule has 0 aliphatic heterocycles. The predicted molar refractivity (Wildman–Crippen MR) is 119 cm³/mol. The van der Waals surface area contributed by atoms with E-state index in [4.69, 9.17) is 9.47 Å². The summed E-state index contributed by atoms with van der Waals surface area (Å²) in [6, 6.07) is 12.4. The molecule has 0 saturated heterocycles. The van der Waals surface area contributed by atoms with Crippen molar-refractivity contribution in [1.82, 2.24) is 14.9 Å². The van der Waals surface area contributed by atoms with E-state index in [1.807, 2.05) is 37.1 Å². The van der Waals surface area contributed by atoms with Crippen LogP contribution in [0.5, 0.6) is 11.5 Å². The smallest absolute Gasteiger partial charge is 0.240 e. The molecule has 0 unspecified atom stereocenters. The molecule has 0 atom stereocenters. The fourth-order valence-electron chi connectivity index (χ4n) is 2.84. The van der Waals surface area contributed by atoms with Crippen LogP contribution in [-0.4, -0.2) is 54.1 Å². The van der Waals surface area contributed by atoms with Gasteiger partial charge in [-0.3, -0.25) is 0 Å². The van der Waals surface area contributed by atoms with Crippen LogP contribution in [0.3, 0.4) is 0 Å². The van der Waals surface area contributed by atoms with Crippen molar-refractivity contribution in [2.45, 2.75) is 24.9 Å². The molecule has 30 heavy (non-hydrogen) atoms. The minimum atomic E-state index is -3.44. The first-order chi connectivity index (χ1) is 14.3. The quantitative estimate of drug-likeness (QED) is 0.464. The Morgan fingerprint density at radius 3 is 2.37 bits per heavy atom. The molecule has 164 valence electrons. The standard InChI is InChI=1S/C21H30N4O4S/c1-6-23-21(24-14-16-7-11-19(12-8-16)30(26,27)22-2)25(3)15-17-9-10-18(28-4)13-20(17)29-5/h7-13,22H,6,14-15H2,1-5H3,(H,23,24). The Balaban J connectivity index is 2.15. The van der Waals surface area contributed by atoms with Gasteiger partial charge in [0.15, 0.2) is 5.96 Å². The lowest BCUT2D eigenvalue weighted by Crippen LogP contribution is -2.38. The number of rotatable bonds is 9. The van der Waals surface area contributed by atoms with Gasteiger partial charge in [0, 0.05) is 31.8 Å². The van der Waals surface area contributed by atoms with Crippen LogP contribution in [0, 0.1) is 0 Å². The Morgan fingerprint density at radius 1 is 1.10 bits per heavy atom. The van der Waals surface area contributed by atoms with Gasteiger partial charge in [-0.1, -0.05) is 12.1 Å². The van der Waals surface area contributed by atoms with Crippen LogP contribution in [0.2, 0.25) is 0 Å². The number of aliphatic imine (C=N–C) groups is 1. The highest BCUT2D eigenvalue weighted by molar-refractivity contribution is 7.89. The normalized spacial score (nSPS) is 11.8. The Labute approximate surface area is 179 Å². The van der Waals surface area contributed by atoms with E-state index in [1.165, 1.54) is 7.05 Å². The number of sulfonamides is 1. The van der Waals surface area contributed by atoms with E-state index in [0.717, 1.165) is 35.1 Å². The van der Waals surface area contributed by atoms with Crippen molar-refractivity contribution in [2.24, 2.45) is 4.99 Å². The Kier molecular flexibility index (Phi) is 8.49. The van der Waals surface area contributed by atoms with E-state index in [9.17, 15) is 8.42 Å². The maximum atomic E-state index is 11.8. The second-order valence-electron chi connectivity index (χ2n) is 6.56. The number of guanidine groups is 1. The molecule has 0 fully saturated rings. The summed E-state index contributed by atoms with van der Waals surface area (Å²) >= 11 is 0. The number of nitrogens with one attached hydrogen (secondary N) is 2. The fraction of sp³-hybridized carbons (Fsp3) is 0.381. The third-order valence-corrected chi connectivity index (χ3v) is 5.94. The zero-order chi connectivity index (χ0) is 22.1.